The molecule has 1 atom stereocenters. The van der Waals surface area contributed by atoms with E-state index in [1.807, 2.05) is 0 Å². The average Bonchev–Trinajstić information content (AvgIpc) is 3.01. The van der Waals surface area contributed by atoms with Crippen LogP contribution in [0.1, 0.15) is 10.4 Å². The first kappa shape index (κ1) is 29.2. The van der Waals surface area contributed by atoms with E-state index in [4.69, 9.17) is 14.2 Å². The molecule has 4 aromatic carbocycles. The molecule has 1 heterocycles. The lowest BCUT2D eigenvalue weighted by Crippen LogP contribution is -2.23. The van der Waals surface area contributed by atoms with E-state index in [9.17, 15) is 17.9 Å². The molecule has 0 aliphatic carbocycles. The number of aromatic nitrogens is 2. The van der Waals surface area contributed by atoms with E-state index in [0.717, 1.165) is 10.4 Å². The summed E-state index contributed by atoms with van der Waals surface area (Å²) in [4.78, 5) is 22.1. The van der Waals surface area contributed by atoms with Gasteiger partial charge in [0.25, 0.3) is 5.91 Å². The van der Waals surface area contributed by atoms with Gasteiger partial charge in [-0.15, -0.1) is 0 Å². The molecule has 220 valence electrons. The summed E-state index contributed by atoms with van der Waals surface area (Å²) in [5, 5.41) is 5.80. The Bertz CT molecular complexity index is 1820. The Morgan fingerprint density at radius 1 is 0.837 bits per heavy atom. The van der Waals surface area contributed by atoms with E-state index < -0.39 is 23.0 Å². The average molecular weight is 603 g/mol. The zero-order chi connectivity index (χ0) is 30.5. The molecule has 0 radical (unpaired) electrons. The van der Waals surface area contributed by atoms with Crippen molar-refractivity contribution < 1.29 is 32.2 Å². The van der Waals surface area contributed by atoms with Crippen molar-refractivity contribution in [1.82, 2.24) is 9.97 Å². The van der Waals surface area contributed by atoms with Crippen LogP contribution in [-0.2, 0) is 11.3 Å². The highest BCUT2D eigenvalue weighted by Gasteiger charge is 2.21. The number of carbonyl (C=O) groups is 1. The minimum Gasteiger partial charge on any atom is -0.755 e. The summed E-state index contributed by atoms with van der Waals surface area (Å²) < 4.78 is 56.2. The van der Waals surface area contributed by atoms with Crippen molar-refractivity contribution in [2.75, 3.05) is 36.3 Å². The maximum absolute atomic E-state index is 14.2. The molecule has 2 N–H and O–H groups in total. The molecule has 13 heteroatoms. The van der Waals surface area contributed by atoms with Gasteiger partial charge in [0.15, 0.2) is 23.2 Å². The molecule has 1 aromatic heterocycles. The molecular weight excluding hydrogens is 577 g/mol. The van der Waals surface area contributed by atoms with Gasteiger partial charge in [-0.3, -0.25) is 13.3 Å². The maximum Gasteiger partial charge on any atom is 0.255 e. The third-order valence-corrected chi connectivity index (χ3v) is 6.94. The Labute approximate surface area is 248 Å². The SMILES string of the molecule is COc1cc(Nc2nc3ccccc3nc2N(c2cccc(NC(=O)c3ccc(OC)c(F)c3)c2)S(=O)[O-])cc(OC)c1. The van der Waals surface area contributed by atoms with Crippen LogP contribution in [0.3, 0.4) is 0 Å². The smallest absolute Gasteiger partial charge is 0.255 e. The molecule has 11 nitrogen and oxygen atoms in total. The zero-order valence-corrected chi connectivity index (χ0v) is 24.0. The van der Waals surface area contributed by atoms with Gasteiger partial charge < -0.3 is 29.4 Å². The van der Waals surface area contributed by atoms with Crippen LogP contribution < -0.4 is 29.1 Å². The fraction of sp³-hybridized carbons (Fsp3) is 0.100. The molecule has 5 aromatic rings. The van der Waals surface area contributed by atoms with Crippen LogP contribution in [0.2, 0.25) is 0 Å². The number of methoxy groups -OCH3 is 3. The van der Waals surface area contributed by atoms with Crippen LogP contribution in [0, 0.1) is 5.82 Å². The van der Waals surface area contributed by atoms with Gasteiger partial charge in [0.2, 0.25) is 0 Å². The predicted molar refractivity (Wildman–Crippen MR) is 161 cm³/mol. The van der Waals surface area contributed by atoms with Gasteiger partial charge in [0.05, 0.1) is 49.3 Å². The number of carbonyl (C=O) groups excluding carboxylic acids is 1. The Kier molecular flexibility index (Phi) is 8.64. The highest BCUT2D eigenvalue weighted by atomic mass is 32.2. The molecule has 0 aliphatic heterocycles. The van der Waals surface area contributed by atoms with Crippen molar-refractivity contribution >= 4 is 56.9 Å². The second-order valence-electron chi connectivity index (χ2n) is 8.98. The van der Waals surface area contributed by atoms with E-state index in [2.05, 4.69) is 20.6 Å². The normalized spacial score (nSPS) is 11.5. The van der Waals surface area contributed by atoms with Gasteiger partial charge in [-0.1, -0.05) is 18.2 Å². The molecule has 0 bridgehead atoms. The van der Waals surface area contributed by atoms with Gasteiger partial charge in [-0.25, -0.2) is 14.4 Å². The van der Waals surface area contributed by atoms with E-state index >= 15 is 0 Å². The van der Waals surface area contributed by atoms with Gasteiger partial charge in [0, 0.05) is 35.1 Å². The van der Waals surface area contributed by atoms with E-state index in [1.54, 1.807) is 54.6 Å². The number of nitrogens with zero attached hydrogens (tertiary/aromatic N) is 3. The highest BCUT2D eigenvalue weighted by molar-refractivity contribution is 7.81. The first-order valence-corrected chi connectivity index (χ1v) is 13.7. The van der Waals surface area contributed by atoms with Crippen molar-refractivity contribution in [3.63, 3.8) is 0 Å². The summed E-state index contributed by atoms with van der Waals surface area (Å²) in [5.41, 5.74) is 1.94. The Morgan fingerprint density at radius 3 is 2.16 bits per heavy atom. The van der Waals surface area contributed by atoms with E-state index in [-0.39, 0.29) is 34.3 Å². The molecular formula is C30H25FN5O6S-. The number of amides is 1. The van der Waals surface area contributed by atoms with Crippen molar-refractivity contribution in [2.45, 2.75) is 0 Å². The summed E-state index contributed by atoms with van der Waals surface area (Å²) in [5.74, 6) is -0.201. The lowest BCUT2D eigenvalue weighted by molar-refractivity contribution is 0.102. The Morgan fingerprint density at radius 2 is 1.53 bits per heavy atom. The minimum absolute atomic E-state index is 0.000382. The van der Waals surface area contributed by atoms with Crippen molar-refractivity contribution in [3.05, 3.63) is 96.3 Å². The summed E-state index contributed by atoms with van der Waals surface area (Å²) in [6.07, 6.45) is 0. The fourth-order valence-electron chi connectivity index (χ4n) is 4.23. The van der Waals surface area contributed by atoms with Gasteiger partial charge in [-0.05, 0) is 48.5 Å². The minimum atomic E-state index is -2.88. The Hall–Kier alpha value is -5.27. The van der Waals surface area contributed by atoms with Gasteiger partial charge in [-0.2, -0.15) is 0 Å². The lowest BCUT2D eigenvalue weighted by Gasteiger charge is -2.27. The van der Waals surface area contributed by atoms with Gasteiger partial charge >= 0.3 is 0 Å². The second kappa shape index (κ2) is 12.7. The predicted octanol–water partition coefficient (Wildman–Crippen LogP) is 5.72. The summed E-state index contributed by atoms with van der Waals surface area (Å²) in [6, 6.07) is 22.0. The van der Waals surface area contributed by atoms with Crippen molar-refractivity contribution in [3.8, 4) is 17.2 Å². The number of halogens is 1. The fourth-order valence-corrected chi connectivity index (χ4v) is 4.79. The number of hydrogen-bond acceptors (Lipinski definition) is 9. The Balaban J connectivity index is 1.54. The summed E-state index contributed by atoms with van der Waals surface area (Å²) in [7, 11) is 4.35. The number of para-hydroxylation sites is 2. The highest BCUT2D eigenvalue weighted by Crippen LogP contribution is 2.36. The number of benzene rings is 4. The zero-order valence-electron chi connectivity index (χ0n) is 23.2. The molecule has 43 heavy (non-hydrogen) atoms. The van der Waals surface area contributed by atoms with Crippen LogP contribution in [-0.4, -0.2) is 46.0 Å². The molecule has 1 unspecified atom stereocenters. The lowest BCUT2D eigenvalue weighted by atomic mass is 10.2. The molecule has 0 fully saturated rings. The number of anilines is 5. The molecule has 1 amide bonds. The third-order valence-electron chi connectivity index (χ3n) is 6.26. The van der Waals surface area contributed by atoms with Gasteiger partial charge in [0.1, 0.15) is 11.5 Å². The maximum atomic E-state index is 14.2. The van der Waals surface area contributed by atoms with Crippen LogP contribution in [0.5, 0.6) is 17.2 Å². The van der Waals surface area contributed by atoms with E-state index in [0.29, 0.717) is 28.2 Å². The van der Waals surface area contributed by atoms with Crippen LogP contribution in [0.4, 0.5) is 33.1 Å². The first-order chi connectivity index (χ1) is 20.8. The number of hydrogen-bond donors (Lipinski definition) is 2. The van der Waals surface area contributed by atoms with E-state index in [1.165, 1.54) is 45.6 Å². The molecule has 0 saturated carbocycles. The van der Waals surface area contributed by atoms with Crippen molar-refractivity contribution in [1.29, 1.82) is 0 Å². The number of fused-ring (bicyclic) bond motifs is 1. The first-order valence-electron chi connectivity index (χ1n) is 12.7. The van der Waals surface area contributed by atoms with Crippen LogP contribution in [0.15, 0.2) is 84.9 Å². The molecule has 0 saturated heterocycles. The monoisotopic (exact) mass is 602 g/mol. The summed E-state index contributed by atoms with van der Waals surface area (Å²) in [6.45, 7) is 0. The number of rotatable bonds is 10. The standard InChI is InChI=1S/C30H26FN5O6S/c1-40-22-15-20(16-23(17-22)41-2)32-28-29(35-26-10-5-4-9-25(26)34-28)36(43(38)39)21-8-6-7-19(14-21)33-30(37)18-11-12-27(42-3)24(31)13-18/h4-17H,1-3H3,(H,32,34)(H,33,37)(H,38,39)/p-1. The molecule has 5 rings (SSSR count). The van der Waals surface area contributed by atoms with Crippen LogP contribution >= 0.6 is 0 Å². The molecule has 0 spiro atoms. The molecule has 0 aliphatic rings. The quantitative estimate of drug-likeness (QED) is 0.192. The topological polar surface area (TPSA) is 138 Å². The third kappa shape index (κ3) is 6.47. The summed E-state index contributed by atoms with van der Waals surface area (Å²) >= 11 is -2.88. The largest absolute Gasteiger partial charge is 0.755 e. The van der Waals surface area contributed by atoms with Crippen LogP contribution in [0.25, 0.3) is 11.0 Å². The second-order valence-corrected chi connectivity index (χ2v) is 9.78. The number of ether oxygens (including phenoxy) is 3. The number of nitrogens with one attached hydrogen (secondary N) is 2. The van der Waals surface area contributed by atoms with Crippen molar-refractivity contribution in [2.24, 2.45) is 0 Å².